The zero-order valence-electron chi connectivity index (χ0n) is 16.4. The maximum absolute atomic E-state index is 11.2. The van der Waals surface area contributed by atoms with Gasteiger partial charge in [0.05, 0.1) is 5.52 Å². The molecule has 0 radical (unpaired) electrons. The molecule has 1 aliphatic rings. The highest BCUT2D eigenvalue weighted by molar-refractivity contribution is 6.10. The third kappa shape index (κ3) is 4.09. The first-order valence-corrected chi connectivity index (χ1v) is 9.81. The van der Waals surface area contributed by atoms with Crippen LogP contribution in [-0.2, 0) is 14.3 Å². The molecule has 0 bridgehead atoms. The van der Waals surface area contributed by atoms with Crippen LogP contribution >= 0.6 is 0 Å². The number of nitrogens with one attached hydrogen (secondary N) is 1. The molecule has 166 valence electrons. The number of aromatic amines is 1. The second-order valence-electron chi connectivity index (χ2n) is 7.39. The van der Waals surface area contributed by atoms with Gasteiger partial charge in [-0.2, -0.15) is 0 Å². The highest BCUT2D eigenvalue weighted by Gasteiger charge is 2.48. The lowest BCUT2D eigenvalue weighted by molar-refractivity contribution is -0.304. The van der Waals surface area contributed by atoms with E-state index in [9.17, 15) is 20.1 Å². The highest BCUT2D eigenvalue weighted by Crippen LogP contribution is 2.33. The molecular weight excluding hydrogens is 408 g/mol. The molecule has 10 heteroatoms. The number of carbonyl (C=O) groups is 1. The molecule has 4 rings (SSSR count). The third-order valence-electron chi connectivity index (χ3n) is 5.32. The molecular formula is C21H24N2O8. The quantitative estimate of drug-likeness (QED) is 0.299. The largest absolute Gasteiger partial charge is 0.490 e. The number of aliphatic carboxylic acids is 1. The van der Waals surface area contributed by atoms with E-state index in [4.69, 9.17) is 25.1 Å². The summed E-state index contributed by atoms with van der Waals surface area (Å²) in [5.41, 5.74) is 7.63. The minimum atomic E-state index is -1.79. The standard InChI is InChI=1S/C21H24N2O8/c22-8-10(30-21-18(26)16(24)17(25)19(31-21)20(27)28)9-29-14-7-3-6-13-15(14)11-4-1-2-5-12(11)23-13/h1-7,10,16-19,21,23-26H,8-9,22H2,(H,27,28). The number of carboxylic acid groups (broad SMARTS) is 1. The molecule has 10 nitrogen and oxygen atoms in total. The lowest BCUT2D eigenvalue weighted by Crippen LogP contribution is -2.61. The molecule has 31 heavy (non-hydrogen) atoms. The maximum Gasteiger partial charge on any atom is 0.335 e. The van der Waals surface area contributed by atoms with Crippen molar-refractivity contribution in [2.75, 3.05) is 13.2 Å². The Kier molecular flexibility index (Phi) is 6.10. The zero-order valence-corrected chi connectivity index (χ0v) is 16.4. The van der Waals surface area contributed by atoms with Crippen LogP contribution in [0.15, 0.2) is 42.5 Å². The first-order chi connectivity index (χ1) is 14.9. The van der Waals surface area contributed by atoms with Crippen LogP contribution in [0.1, 0.15) is 0 Å². The minimum absolute atomic E-state index is 0.0158. The number of hydrogen-bond acceptors (Lipinski definition) is 8. The Labute approximate surface area is 176 Å². The van der Waals surface area contributed by atoms with Crippen molar-refractivity contribution in [3.63, 3.8) is 0 Å². The van der Waals surface area contributed by atoms with Crippen molar-refractivity contribution in [3.8, 4) is 5.75 Å². The van der Waals surface area contributed by atoms with Gasteiger partial charge in [-0.3, -0.25) is 0 Å². The summed E-state index contributed by atoms with van der Waals surface area (Å²) in [5, 5.41) is 40.9. The number of aliphatic hydroxyl groups is 3. The molecule has 1 aliphatic heterocycles. The van der Waals surface area contributed by atoms with E-state index in [1.165, 1.54) is 0 Å². The van der Waals surface area contributed by atoms with Gasteiger partial charge >= 0.3 is 5.97 Å². The van der Waals surface area contributed by atoms with Crippen LogP contribution in [0, 0.1) is 0 Å². The number of ether oxygens (including phenoxy) is 3. The van der Waals surface area contributed by atoms with Crippen molar-refractivity contribution < 1.29 is 39.4 Å². The van der Waals surface area contributed by atoms with Gasteiger partial charge in [-0.15, -0.1) is 0 Å². The number of aliphatic hydroxyl groups excluding tert-OH is 3. The van der Waals surface area contributed by atoms with Crippen LogP contribution in [0.2, 0.25) is 0 Å². The van der Waals surface area contributed by atoms with Crippen molar-refractivity contribution in [3.05, 3.63) is 42.5 Å². The smallest absolute Gasteiger partial charge is 0.335 e. The number of carboxylic acids is 1. The topological polar surface area (TPSA) is 167 Å². The van der Waals surface area contributed by atoms with E-state index >= 15 is 0 Å². The second kappa shape index (κ2) is 8.79. The van der Waals surface area contributed by atoms with Gasteiger partial charge in [0.25, 0.3) is 0 Å². The Morgan fingerprint density at radius 3 is 2.55 bits per heavy atom. The number of H-pyrrole nitrogens is 1. The average Bonchev–Trinajstić information content (AvgIpc) is 3.15. The summed E-state index contributed by atoms with van der Waals surface area (Å²) in [6.45, 7) is -0.0368. The summed E-state index contributed by atoms with van der Waals surface area (Å²) in [7, 11) is 0. The molecule has 7 N–H and O–H groups in total. The summed E-state index contributed by atoms with van der Waals surface area (Å²) in [6.07, 6.45) is -9.23. The molecule has 6 atom stereocenters. The van der Waals surface area contributed by atoms with Crippen LogP contribution < -0.4 is 10.5 Å². The monoisotopic (exact) mass is 432 g/mol. The molecule has 0 spiro atoms. The fourth-order valence-corrected chi connectivity index (χ4v) is 3.69. The Balaban J connectivity index is 1.50. The third-order valence-corrected chi connectivity index (χ3v) is 5.32. The van der Waals surface area contributed by atoms with Crippen LogP contribution in [-0.4, -0.2) is 81.3 Å². The normalized spacial score (nSPS) is 27.4. The SMILES string of the molecule is NCC(COc1cccc2[nH]c3ccccc3c12)OC1OC(C(=O)O)C(O)C(O)C1O. The Morgan fingerprint density at radius 2 is 1.81 bits per heavy atom. The summed E-state index contributed by atoms with van der Waals surface area (Å²) in [5.74, 6) is -0.889. The molecule has 0 saturated carbocycles. The zero-order chi connectivity index (χ0) is 22.1. The predicted molar refractivity (Wildman–Crippen MR) is 110 cm³/mol. The Bertz CT molecular complexity index is 1070. The molecule has 1 fully saturated rings. The Morgan fingerprint density at radius 1 is 1.06 bits per heavy atom. The first kappa shape index (κ1) is 21.5. The molecule has 0 aliphatic carbocycles. The van der Waals surface area contributed by atoms with E-state index < -0.39 is 42.8 Å². The van der Waals surface area contributed by atoms with Crippen LogP contribution in [0.3, 0.4) is 0 Å². The number of benzene rings is 2. The predicted octanol–water partition coefficient (Wildman–Crippen LogP) is -0.0640. The summed E-state index contributed by atoms with van der Waals surface area (Å²) in [6, 6.07) is 13.4. The van der Waals surface area contributed by atoms with E-state index in [0.29, 0.717) is 5.75 Å². The van der Waals surface area contributed by atoms with Gasteiger partial charge in [0.15, 0.2) is 12.4 Å². The summed E-state index contributed by atoms with van der Waals surface area (Å²) < 4.78 is 16.7. The van der Waals surface area contributed by atoms with Gasteiger partial charge in [-0.25, -0.2) is 4.79 Å². The van der Waals surface area contributed by atoms with Gasteiger partial charge in [0.2, 0.25) is 0 Å². The van der Waals surface area contributed by atoms with Crippen molar-refractivity contribution in [2.24, 2.45) is 5.73 Å². The Hall–Kier alpha value is -2.73. The molecule has 6 unspecified atom stereocenters. The van der Waals surface area contributed by atoms with Gasteiger partial charge in [-0.1, -0.05) is 24.3 Å². The highest BCUT2D eigenvalue weighted by atomic mass is 16.7. The molecule has 0 amide bonds. The number of para-hydroxylation sites is 1. The van der Waals surface area contributed by atoms with Gasteiger partial charge in [-0.05, 0) is 18.2 Å². The average molecular weight is 432 g/mol. The van der Waals surface area contributed by atoms with Gasteiger partial charge in [0.1, 0.15) is 36.8 Å². The van der Waals surface area contributed by atoms with E-state index in [1.807, 2.05) is 42.5 Å². The molecule has 2 heterocycles. The van der Waals surface area contributed by atoms with Crippen LogP contribution in [0.4, 0.5) is 0 Å². The molecule has 1 aromatic heterocycles. The number of fused-ring (bicyclic) bond motifs is 3. The lowest BCUT2D eigenvalue weighted by Gasteiger charge is -2.39. The van der Waals surface area contributed by atoms with Crippen molar-refractivity contribution in [2.45, 2.75) is 36.8 Å². The molecule has 2 aromatic carbocycles. The van der Waals surface area contributed by atoms with Crippen LogP contribution in [0.25, 0.3) is 21.8 Å². The number of aromatic nitrogens is 1. The number of hydrogen-bond donors (Lipinski definition) is 6. The fraction of sp³-hybridized carbons (Fsp3) is 0.381. The van der Waals surface area contributed by atoms with Crippen LogP contribution in [0.5, 0.6) is 5.75 Å². The molecule has 1 saturated heterocycles. The summed E-state index contributed by atoms with van der Waals surface area (Å²) >= 11 is 0. The minimum Gasteiger partial charge on any atom is -0.490 e. The van der Waals surface area contributed by atoms with E-state index in [-0.39, 0.29) is 13.2 Å². The first-order valence-electron chi connectivity index (χ1n) is 9.81. The van der Waals surface area contributed by atoms with Gasteiger partial charge in [0, 0.05) is 22.8 Å². The van der Waals surface area contributed by atoms with E-state index in [2.05, 4.69) is 4.98 Å². The fourth-order valence-electron chi connectivity index (χ4n) is 3.69. The van der Waals surface area contributed by atoms with Crippen molar-refractivity contribution >= 4 is 27.8 Å². The molecule has 3 aromatic rings. The second-order valence-corrected chi connectivity index (χ2v) is 7.39. The maximum atomic E-state index is 11.2. The number of nitrogens with two attached hydrogens (primary N) is 1. The van der Waals surface area contributed by atoms with E-state index in [0.717, 1.165) is 21.8 Å². The van der Waals surface area contributed by atoms with Gasteiger partial charge < -0.3 is 45.4 Å². The van der Waals surface area contributed by atoms with Crippen molar-refractivity contribution in [1.29, 1.82) is 0 Å². The van der Waals surface area contributed by atoms with E-state index in [1.54, 1.807) is 0 Å². The summed E-state index contributed by atoms with van der Waals surface area (Å²) in [4.78, 5) is 14.6. The number of rotatable bonds is 7. The lowest BCUT2D eigenvalue weighted by atomic mass is 9.99. The van der Waals surface area contributed by atoms with Crippen molar-refractivity contribution in [1.82, 2.24) is 4.98 Å².